The second-order valence-electron chi connectivity index (χ2n) is 3.09. The zero-order valence-electron chi connectivity index (χ0n) is 7.81. The third-order valence-electron chi connectivity index (χ3n) is 2.13. The maximum atomic E-state index is 4.19. The topological polar surface area (TPSA) is 35.6 Å². The van der Waals surface area contributed by atoms with Crippen LogP contribution in [-0.2, 0) is 6.67 Å². The van der Waals surface area contributed by atoms with E-state index >= 15 is 0 Å². The Kier molecular flexibility index (Phi) is 1.88. The molecule has 2 aromatic heterocycles. The van der Waals surface area contributed by atoms with Crippen LogP contribution in [0.15, 0.2) is 24.5 Å². The van der Waals surface area contributed by atoms with E-state index in [2.05, 4.69) is 10.2 Å². The smallest absolute Gasteiger partial charge is 0.133 e. The average Bonchev–Trinajstić information content (AvgIpc) is 2.65. The van der Waals surface area contributed by atoms with Crippen molar-refractivity contribution in [1.82, 2.24) is 19.6 Å². The first kappa shape index (κ1) is 8.04. The van der Waals surface area contributed by atoms with Crippen LogP contribution < -0.4 is 0 Å². The van der Waals surface area contributed by atoms with Crippen molar-refractivity contribution in [3.8, 4) is 0 Å². The lowest BCUT2D eigenvalue weighted by molar-refractivity contribution is 0.484. The van der Waals surface area contributed by atoms with Crippen LogP contribution in [0, 0.1) is 13.8 Å². The molecule has 4 heteroatoms. The first-order valence-corrected chi connectivity index (χ1v) is 4.24. The molecule has 0 radical (unpaired) electrons. The summed E-state index contributed by atoms with van der Waals surface area (Å²) in [5.41, 5.74) is 2.30. The maximum absolute atomic E-state index is 4.19. The summed E-state index contributed by atoms with van der Waals surface area (Å²) in [5.74, 6) is 0. The molecule has 0 saturated carbocycles. The monoisotopic (exact) mass is 176 g/mol. The molecular weight excluding hydrogens is 164 g/mol. The van der Waals surface area contributed by atoms with E-state index in [0.717, 1.165) is 11.4 Å². The van der Waals surface area contributed by atoms with Crippen LogP contribution in [0.5, 0.6) is 0 Å². The summed E-state index contributed by atoms with van der Waals surface area (Å²) >= 11 is 0. The normalized spacial score (nSPS) is 10.6. The highest BCUT2D eigenvalue weighted by molar-refractivity contribution is 4.99. The predicted molar refractivity (Wildman–Crippen MR) is 49.3 cm³/mol. The summed E-state index contributed by atoms with van der Waals surface area (Å²) < 4.78 is 3.83. The Balaban J connectivity index is 2.24. The fraction of sp³-hybridized carbons (Fsp3) is 0.333. The third kappa shape index (κ3) is 1.47. The van der Waals surface area contributed by atoms with Crippen molar-refractivity contribution < 1.29 is 0 Å². The quantitative estimate of drug-likeness (QED) is 0.689. The number of hydrogen-bond donors (Lipinski definition) is 0. The van der Waals surface area contributed by atoms with Crippen molar-refractivity contribution in [3.05, 3.63) is 35.9 Å². The van der Waals surface area contributed by atoms with Crippen LogP contribution in [0.2, 0.25) is 0 Å². The molecule has 68 valence electrons. The predicted octanol–water partition coefficient (Wildman–Crippen LogP) is 1.20. The van der Waals surface area contributed by atoms with Crippen LogP contribution in [0.25, 0.3) is 0 Å². The molecule has 0 aliphatic rings. The van der Waals surface area contributed by atoms with Crippen LogP contribution >= 0.6 is 0 Å². The van der Waals surface area contributed by atoms with Crippen LogP contribution in [0.3, 0.4) is 0 Å². The van der Waals surface area contributed by atoms with Crippen molar-refractivity contribution >= 4 is 0 Å². The van der Waals surface area contributed by atoms with E-state index < -0.39 is 0 Å². The number of aromatic nitrogens is 4. The van der Waals surface area contributed by atoms with Gasteiger partial charge < -0.3 is 0 Å². The van der Waals surface area contributed by atoms with Crippen molar-refractivity contribution in [3.63, 3.8) is 0 Å². The first-order chi connectivity index (χ1) is 6.27. The van der Waals surface area contributed by atoms with E-state index in [4.69, 9.17) is 0 Å². The van der Waals surface area contributed by atoms with Gasteiger partial charge in [-0.05, 0) is 26.0 Å². The molecule has 0 aliphatic heterocycles. The Labute approximate surface area is 76.8 Å². The van der Waals surface area contributed by atoms with Gasteiger partial charge in [0.2, 0.25) is 0 Å². The number of aryl methyl sites for hydroxylation is 2. The Morgan fingerprint density at radius 2 is 1.46 bits per heavy atom. The zero-order chi connectivity index (χ0) is 9.26. The summed E-state index contributed by atoms with van der Waals surface area (Å²) in [4.78, 5) is 0. The lowest BCUT2D eigenvalue weighted by Crippen LogP contribution is -2.12. The summed E-state index contributed by atoms with van der Waals surface area (Å²) in [6.07, 6.45) is 3.60. The van der Waals surface area contributed by atoms with Crippen LogP contribution in [-0.4, -0.2) is 19.6 Å². The SMILES string of the molecule is Cc1ccnn1Cn1nccc1C. The zero-order valence-corrected chi connectivity index (χ0v) is 7.81. The Hall–Kier alpha value is -1.58. The third-order valence-corrected chi connectivity index (χ3v) is 2.13. The van der Waals surface area contributed by atoms with Crippen molar-refractivity contribution in [2.45, 2.75) is 20.5 Å². The molecule has 0 aromatic carbocycles. The number of hydrogen-bond acceptors (Lipinski definition) is 2. The van der Waals surface area contributed by atoms with Gasteiger partial charge in [0.1, 0.15) is 6.67 Å². The molecule has 2 rings (SSSR count). The van der Waals surface area contributed by atoms with Gasteiger partial charge >= 0.3 is 0 Å². The van der Waals surface area contributed by atoms with Gasteiger partial charge in [-0.25, -0.2) is 9.36 Å². The summed E-state index contributed by atoms with van der Waals surface area (Å²) in [7, 11) is 0. The fourth-order valence-corrected chi connectivity index (χ4v) is 1.22. The molecule has 0 spiro atoms. The Morgan fingerprint density at radius 3 is 1.77 bits per heavy atom. The van der Waals surface area contributed by atoms with Crippen LogP contribution in [0.1, 0.15) is 11.4 Å². The van der Waals surface area contributed by atoms with Crippen molar-refractivity contribution in [1.29, 1.82) is 0 Å². The van der Waals surface area contributed by atoms with E-state index in [1.165, 1.54) is 0 Å². The molecule has 0 aliphatic carbocycles. The second kappa shape index (κ2) is 3.05. The maximum Gasteiger partial charge on any atom is 0.133 e. The average molecular weight is 176 g/mol. The number of nitrogens with zero attached hydrogens (tertiary/aromatic N) is 4. The van der Waals surface area contributed by atoms with E-state index in [0.29, 0.717) is 6.67 Å². The molecule has 4 nitrogen and oxygen atoms in total. The number of rotatable bonds is 2. The molecule has 13 heavy (non-hydrogen) atoms. The molecular formula is C9H12N4. The van der Waals surface area contributed by atoms with Gasteiger partial charge in [0.05, 0.1) is 0 Å². The van der Waals surface area contributed by atoms with Crippen LogP contribution in [0.4, 0.5) is 0 Å². The molecule has 0 N–H and O–H groups in total. The lowest BCUT2D eigenvalue weighted by Gasteiger charge is -2.05. The van der Waals surface area contributed by atoms with Gasteiger partial charge in [-0.2, -0.15) is 10.2 Å². The molecule has 2 aromatic rings. The van der Waals surface area contributed by atoms with Gasteiger partial charge in [-0.15, -0.1) is 0 Å². The fourth-order valence-electron chi connectivity index (χ4n) is 1.22. The van der Waals surface area contributed by atoms with Gasteiger partial charge in [-0.1, -0.05) is 0 Å². The molecule has 0 unspecified atom stereocenters. The minimum Gasteiger partial charge on any atom is -0.248 e. The standard InChI is InChI=1S/C9H12N4/c1-8-3-5-10-12(8)7-13-9(2)4-6-11-13/h3-6H,7H2,1-2H3. The van der Waals surface area contributed by atoms with Crippen molar-refractivity contribution in [2.75, 3.05) is 0 Å². The summed E-state index contributed by atoms with van der Waals surface area (Å²) in [6.45, 7) is 4.76. The van der Waals surface area contributed by atoms with Gasteiger partial charge in [0.15, 0.2) is 0 Å². The second-order valence-corrected chi connectivity index (χ2v) is 3.09. The highest BCUT2D eigenvalue weighted by Crippen LogP contribution is 2.00. The van der Waals surface area contributed by atoms with E-state index in [1.54, 1.807) is 12.4 Å². The molecule has 0 atom stereocenters. The highest BCUT2D eigenvalue weighted by atomic mass is 15.4. The molecule has 2 heterocycles. The van der Waals surface area contributed by atoms with Gasteiger partial charge in [-0.3, -0.25) is 0 Å². The molecule has 0 fully saturated rings. The lowest BCUT2D eigenvalue weighted by atomic mass is 10.5. The van der Waals surface area contributed by atoms with Gasteiger partial charge in [0.25, 0.3) is 0 Å². The Morgan fingerprint density at radius 1 is 1.00 bits per heavy atom. The summed E-state index contributed by atoms with van der Waals surface area (Å²) in [6, 6.07) is 3.97. The Bertz CT molecular complexity index is 361. The minimum atomic E-state index is 0.692. The molecule has 0 bridgehead atoms. The largest absolute Gasteiger partial charge is 0.248 e. The molecule has 0 saturated heterocycles. The highest BCUT2D eigenvalue weighted by Gasteiger charge is 1.99. The first-order valence-electron chi connectivity index (χ1n) is 4.24. The minimum absolute atomic E-state index is 0.692. The van der Waals surface area contributed by atoms with E-state index in [1.807, 2.05) is 35.3 Å². The van der Waals surface area contributed by atoms with E-state index in [9.17, 15) is 0 Å². The van der Waals surface area contributed by atoms with Crippen molar-refractivity contribution in [2.24, 2.45) is 0 Å². The summed E-state index contributed by atoms with van der Waals surface area (Å²) in [5, 5.41) is 8.38. The molecule has 0 amide bonds. The van der Waals surface area contributed by atoms with E-state index in [-0.39, 0.29) is 0 Å². The van der Waals surface area contributed by atoms with Gasteiger partial charge in [0, 0.05) is 23.8 Å².